The van der Waals surface area contributed by atoms with Crippen LogP contribution < -0.4 is 10.9 Å². The lowest BCUT2D eigenvalue weighted by Crippen LogP contribution is -2.42. The van der Waals surface area contributed by atoms with Crippen molar-refractivity contribution in [2.75, 3.05) is 13.1 Å². The minimum absolute atomic E-state index is 0.134. The number of carbonyl (C=O) groups excluding carboxylic acids is 2. The maximum Gasteiger partial charge on any atom is 0.268 e. The number of nitrogens with zero attached hydrogens (tertiary/aromatic N) is 1. The average molecular weight is 263 g/mol. The van der Waals surface area contributed by atoms with Gasteiger partial charge in [0.2, 0.25) is 11.5 Å². The molecule has 2 heterocycles. The highest BCUT2D eigenvalue weighted by Gasteiger charge is 2.22. The molecule has 0 radical (unpaired) electrons. The molecule has 6 nitrogen and oxygen atoms in total. The lowest BCUT2D eigenvalue weighted by molar-refractivity contribution is -0.127. The average Bonchev–Trinajstić information content (AvgIpc) is 2.75. The normalized spacial score (nSPS) is 16.5. The summed E-state index contributed by atoms with van der Waals surface area (Å²) in [5, 5.41) is 2.77. The quantitative estimate of drug-likeness (QED) is 0.809. The van der Waals surface area contributed by atoms with Crippen LogP contribution in [0.25, 0.3) is 0 Å². The third-order valence-electron chi connectivity index (χ3n) is 3.06. The second-order valence-electron chi connectivity index (χ2n) is 4.75. The third-order valence-corrected chi connectivity index (χ3v) is 3.06. The standard InChI is InChI=1S/C13H17N3O3/c1-9(8-16-7-3-6-12(16)18)14-13(19)10-4-2-5-11(17)15-10/h2,4-5,9H,3,6-8H2,1H3,(H,14,19)(H,15,17). The Morgan fingerprint density at radius 2 is 2.26 bits per heavy atom. The van der Waals surface area contributed by atoms with Crippen molar-refractivity contribution in [3.05, 3.63) is 34.2 Å². The second-order valence-corrected chi connectivity index (χ2v) is 4.75. The minimum atomic E-state index is -0.336. The maximum atomic E-state index is 11.9. The van der Waals surface area contributed by atoms with E-state index in [-0.39, 0.29) is 29.1 Å². The molecule has 1 atom stereocenters. The molecular formula is C13H17N3O3. The van der Waals surface area contributed by atoms with Crippen LogP contribution in [-0.4, -0.2) is 40.8 Å². The summed E-state index contributed by atoms with van der Waals surface area (Å²) in [5.74, 6) is -0.203. The number of H-pyrrole nitrogens is 1. The summed E-state index contributed by atoms with van der Waals surface area (Å²) in [6.07, 6.45) is 1.47. The van der Waals surface area contributed by atoms with Gasteiger partial charge >= 0.3 is 0 Å². The van der Waals surface area contributed by atoms with Crippen molar-refractivity contribution in [1.29, 1.82) is 0 Å². The fourth-order valence-electron chi connectivity index (χ4n) is 2.16. The van der Waals surface area contributed by atoms with Gasteiger partial charge in [-0.15, -0.1) is 0 Å². The number of pyridine rings is 1. The molecule has 1 aliphatic rings. The molecule has 102 valence electrons. The molecule has 1 fully saturated rings. The van der Waals surface area contributed by atoms with E-state index in [1.807, 2.05) is 6.92 Å². The molecule has 2 rings (SSSR count). The molecule has 2 amide bonds. The van der Waals surface area contributed by atoms with Gasteiger partial charge in [0.25, 0.3) is 5.91 Å². The van der Waals surface area contributed by atoms with E-state index in [9.17, 15) is 14.4 Å². The highest BCUT2D eigenvalue weighted by Crippen LogP contribution is 2.09. The van der Waals surface area contributed by atoms with Crippen molar-refractivity contribution < 1.29 is 9.59 Å². The molecule has 0 spiro atoms. The predicted octanol–water partition coefficient (Wildman–Crippen LogP) is 0.116. The van der Waals surface area contributed by atoms with Crippen LogP contribution in [0.3, 0.4) is 0 Å². The van der Waals surface area contributed by atoms with Gasteiger partial charge < -0.3 is 15.2 Å². The molecule has 1 aliphatic heterocycles. The van der Waals surface area contributed by atoms with Crippen LogP contribution in [0.2, 0.25) is 0 Å². The van der Waals surface area contributed by atoms with Crippen molar-refractivity contribution >= 4 is 11.8 Å². The summed E-state index contributed by atoms with van der Waals surface area (Å²) in [7, 11) is 0. The number of amides is 2. The molecule has 2 N–H and O–H groups in total. The summed E-state index contributed by atoms with van der Waals surface area (Å²) in [6.45, 7) is 3.09. The van der Waals surface area contributed by atoms with E-state index in [1.54, 1.807) is 11.0 Å². The van der Waals surface area contributed by atoms with Crippen LogP contribution in [-0.2, 0) is 4.79 Å². The molecule has 0 aromatic carbocycles. The van der Waals surface area contributed by atoms with E-state index in [2.05, 4.69) is 10.3 Å². The van der Waals surface area contributed by atoms with Gasteiger partial charge in [0.1, 0.15) is 5.69 Å². The van der Waals surface area contributed by atoms with Crippen molar-refractivity contribution in [1.82, 2.24) is 15.2 Å². The number of hydrogen-bond donors (Lipinski definition) is 2. The summed E-state index contributed by atoms with van der Waals surface area (Å²) in [4.78, 5) is 38.7. The Hall–Kier alpha value is -2.11. The Kier molecular flexibility index (Phi) is 3.99. The van der Waals surface area contributed by atoms with Gasteiger partial charge in [0, 0.05) is 31.6 Å². The second kappa shape index (κ2) is 5.69. The summed E-state index contributed by atoms with van der Waals surface area (Å²) < 4.78 is 0. The summed E-state index contributed by atoms with van der Waals surface area (Å²) >= 11 is 0. The SMILES string of the molecule is CC(CN1CCCC1=O)NC(=O)c1cccc(=O)[nH]1. The number of carbonyl (C=O) groups is 2. The minimum Gasteiger partial charge on any atom is -0.347 e. The molecule has 0 bridgehead atoms. The van der Waals surface area contributed by atoms with E-state index >= 15 is 0 Å². The van der Waals surface area contributed by atoms with E-state index in [0.717, 1.165) is 13.0 Å². The molecule has 0 aliphatic carbocycles. The molecule has 1 unspecified atom stereocenters. The Labute approximate surface area is 110 Å². The molecule has 6 heteroatoms. The molecule has 1 saturated heterocycles. The third kappa shape index (κ3) is 3.43. The van der Waals surface area contributed by atoms with E-state index in [4.69, 9.17) is 0 Å². The first kappa shape index (κ1) is 13.3. The van der Waals surface area contributed by atoms with Crippen LogP contribution in [0.5, 0.6) is 0 Å². The van der Waals surface area contributed by atoms with Crippen molar-refractivity contribution in [2.24, 2.45) is 0 Å². The fraction of sp³-hybridized carbons (Fsp3) is 0.462. The van der Waals surface area contributed by atoms with Gasteiger partial charge in [0.05, 0.1) is 0 Å². The number of hydrogen-bond acceptors (Lipinski definition) is 3. The van der Waals surface area contributed by atoms with E-state index < -0.39 is 0 Å². The molecule has 0 saturated carbocycles. The number of likely N-dealkylation sites (tertiary alicyclic amines) is 1. The van der Waals surface area contributed by atoms with Crippen LogP contribution in [0.4, 0.5) is 0 Å². The van der Waals surface area contributed by atoms with E-state index in [0.29, 0.717) is 13.0 Å². The Bertz CT molecular complexity index is 538. The molecule has 1 aromatic heterocycles. The van der Waals surface area contributed by atoms with Gasteiger partial charge in [-0.05, 0) is 19.4 Å². The summed E-state index contributed by atoms with van der Waals surface area (Å²) in [5.41, 5.74) is -0.0814. The van der Waals surface area contributed by atoms with Crippen LogP contribution in [0.15, 0.2) is 23.0 Å². The Balaban J connectivity index is 1.91. The van der Waals surface area contributed by atoms with Gasteiger partial charge in [0.15, 0.2) is 0 Å². The predicted molar refractivity (Wildman–Crippen MR) is 69.8 cm³/mol. The van der Waals surface area contributed by atoms with Crippen molar-refractivity contribution in [3.8, 4) is 0 Å². The van der Waals surface area contributed by atoms with Gasteiger partial charge in [-0.25, -0.2) is 0 Å². The first-order valence-electron chi connectivity index (χ1n) is 6.34. The Morgan fingerprint density at radius 1 is 1.47 bits per heavy atom. The van der Waals surface area contributed by atoms with Gasteiger partial charge in [-0.2, -0.15) is 0 Å². The maximum absolute atomic E-state index is 11.9. The smallest absolute Gasteiger partial charge is 0.268 e. The topological polar surface area (TPSA) is 82.3 Å². The van der Waals surface area contributed by atoms with Gasteiger partial charge in [-0.1, -0.05) is 6.07 Å². The Morgan fingerprint density at radius 3 is 2.89 bits per heavy atom. The van der Waals surface area contributed by atoms with E-state index in [1.165, 1.54) is 12.1 Å². The molecule has 1 aromatic rings. The zero-order chi connectivity index (χ0) is 13.8. The lowest BCUT2D eigenvalue weighted by atomic mass is 10.2. The zero-order valence-corrected chi connectivity index (χ0v) is 10.8. The van der Waals surface area contributed by atoms with Crippen LogP contribution >= 0.6 is 0 Å². The highest BCUT2D eigenvalue weighted by atomic mass is 16.2. The molecular weight excluding hydrogens is 246 g/mol. The number of aromatic nitrogens is 1. The number of nitrogens with one attached hydrogen (secondary N) is 2. The van der Waals surface area contributed by atoms with Crippen LogP contribution in [0, 0.1) is 0 Å². The number of rotatable bonds is 4. The van der Waals surface area contributed by atoms with Crippen molar-refractivity contribution in [2.45, 2.75) is 25.8 Å². The molecule has 19 heavy (non-hydrogen) atoms. The lowest BCUT2D eigenvalue weighted by Gasteiger charge is -2.21. The first-order valence-corrected chi connectivity index (χ1v) is 6.34. The van der Waals surface area contributed by atoms with Gasteiger partial charge in [-0.3, -0.25) is 14.4 Å². The first-order chi connectivity index (χ1) is 9.06. The monoisotopic (exact) mass is 263 g/mol. The van der Waals surface area contributed by atoms with Crippen LogP contribution in [0.1, 0.15) is 30.3 Å². The zero-order valence-electron chi connectivity index (χ0n) is 10.8. The highest BCUT2D eigenvalue weighted by molar-refractivity contribution is 5.92. The van der Waals surface area contributed by atoms with Crippen molar-refractivity contribution in [3.63, 3.8) is 0 Å². The fourth-order valence-corrected chi connectivity index (χ4v) is 2.16. The largest absolute Gasteiger partial charge is 0.347 e. The summed E-state index contributed by atoms with van der Waals surface area (Å²) in [6, 6.07) is 4.27. The number of aromatic amines is 1.